The lowest BCUT2D eigenvalue weighted by Crippen LogP contribution is -2.32. The summed E-state index contributed by atoms with van der Waals surface area (Å²) >= 11 is 0. The van der Waals surface area contributed by atoms with Gasteiger partial charge < -0.3 is 15.9 Å². The summed E-state index contributed by atoms with van der Waals surface area (Å²) in [5.74, 6) is -0.860. The topological polar surface area (TPSA) is 138 Å². The first-order valence-corrected chi connectivity index (χ1v) is 8.72. The van der Waals surface area contributed by atoms with Gasteiger partial charge in [-0.1, -0.05) is 29.8 Å². The molecule has 5 N–H and O–H groups in total. The summed E-state index contributed by atoms with van der Waals surface area (Å²) in [5, 5.41) is 17.5. The minimum Gasteiger partial charge on any atom is -0.508 e. The zero-order valence-corrected chi connectivity index (χ0v) is 15.1. The lowest BCUT2D eigenvalue weighted by Gasteiger charge is -2.05. The molecule has 1 unspecified atom stereocenters. The Morgan fingerprint density at radius 1 is 1.08 bits per heavy atom. The standard InChI is InChI=1S/C9H11NO3.C7H8O3S.CH3F/c10-8(9(12)13)5-6-1-3-7(11)4-2-6;1-6-2-4-7(5-3-6)11(8,9)10;1-2/h1-4,8,11H,5,10H2,(H,12,13);2-5H,1H3,(H,8,9,10);1H3. The number of alkyl halides is 1. The van der Waals surface area contributed by atoms with Crippen molar-refractivity contribution >= 4 is 16.1 Å². The fourth-order valence-corrected chi connectivity index (χ4v) is 2.16. The Balaban J connectivity index is 0.000000444. The van der Waals surface area contributed by atoms with Gasteiger partial charge in [0.05, 0.1) is 12.1 Å². The third-order valence-electron chi connectivity index (χ3n) is 3.03. The van der Waals surface area contributed by atoms with E-state index in [4.69, 9.17) is 20.5 Å². The molecule has 2 aromatic rings. The molecule has 26 heavy (non-hydrogen) atoms. The summed E-state index contributed by atoms with van der Waals surface area (Å²) in [7, 11) is -3.52. The van der Waals surface area contributed by atoms with Crippen molar-refractivity contribution in [2.75, 3.05) is 7.18 Å². The molecule has 0 radical (unpaired) electrons. The molecule has 2 rings (SSSR count). The van der Waals surface area contributed by atoms with Gasteiger partial charge in [-0.25, -0.2) is 0 Å². The molecule has 0 saturated carbocycles. The van der Waals surface area contributed by atoms with Crippen LogP contribution in [0.5, 0.6) is 5.75 Å². The molecule has 0 fully saturated rings. The minimum atomic E-state index is -4.02. The first kappa shape index (κ1) is 23.5. The molecule has 1 atom stereocenters. The van der Waals surface area contributed by atoms with Crippen molar-refractivity contribution in [3.05, 3.63) is 59.7 Å². The van der Waals surface area contributed by atoms with E-state index < -0.39 is 22.1 Å². The predicted octanol–water partition coefficient (Wildman–Crippen LogP) is 2.17. The molecule has 2 aromatic carbocycles. The molecule has 144 valence electrons. The number of carboxylic acids is 1. The van der Waals surface area contributed by atoms with Crippen LogP contribution in [0.1, 0.15) is 11.1 Å². The molecule has 0 heterocycles. The second-order valence-electron chi connectivity index (χ2n) is 5.10. The SMILES string of the molecule is CF.Cc1ccc(S(=O)(=O)O)cc1.NC(Cc1ccc(O)cc1)C(=O)O. The summed E-state index contributed by atoms with van der Waals surface area (Å²) in [6.45, 7) is 1.84. The Kier molecular flexibility index (Phi) is 10.1. The summed E-state index contributed by atoms with van der Waals surface area (Å²) in [6.07, 6.45) is 0.273. The quantitative estimate of drug-likeness (QED) is 0.590. The Hall–Kier alpha value is -2.49. The molecule has 9 heteroatoms. The van der Waals surface area contributed by atoms with Gasteiger partial charge in [0.2, 0.25) is 0 Å². The van der Waals surface area contributed by atoms with Crippen LogP contribution in [0.4, 0.5) is 4.39 Å². The van der Waals surface area contributed by atoms with Crippen molar-refractivity contribution in [3.63, 3.8) is 0 Å². The zero-order valence-electron chi connectivity index (χ0n) is 14.3. The number of benzene rings is 2. The maximum absolute atomic E-state index is 10.5. The molecule has 0 saturated heterocycles. The van der Waals surface area contributed by atoms with E-state index in [0.717, 1.165) is 11.1 Å². The van der Waals surface area contributed by atoms with Gasteiger partial charge in [0.25, 0.3) is 10.1 Å². The molecule has 7 nitrogen and oxygen atoms in total. The van der Waals surface area contributed by atoms with Crippen LogP contribution >= 0.6 is 0 Å². The van der Waals surface area contributed by atoms with Crippen LogP contribution in [0.2, 0.25) is 0 Å². The van der Waals surface area contributed by atoms with Gasteiger partial charge in [0.15, 0.2) is 0 Å². The molecule has 0 aliphatic rings. The van der Waals surface area contributed by atoms with Crippen LogP contribution in [0.15, 0.2) is 53.4 Å². The van der Waals surface area contributed by atoms with E-state index in [9.17, 15) is 17.6 Å². The fourth-order valence-electron chi connectivity index (χ4n) is 1.68. The van der Waals surface area contributed by atoms with Crippen LogP contribution in [-0.4, -0.2) is 42.4 Å². The van der Waals surface area contributed by atoms with Gasteiger partial charge in [-0.15, -0.1) is 0 Å². The third-order valence-corrected chi connectivity index (χ3v) is 3.90. The normalized spacial score (nSPS) is 11.3. The average Bonchev–Trinajstić information content (AvgIpc) is 2.59. The van der Waals surface area contributed by atoms with Gasteiger partial charge in [0, 0.05) is 0 Å². The number of aliphatic carboxylic acids is 1. The van der Waals surface area contributed by atoms with Crippen molar-refractivity contribution in [1.82, 2.24) is 0 Å². The van der Waals surface area contributed by atoms with E-state index in [2.05, 4.69) is 0 Å². The Morgan fingerprint density at radius 3 is 1.92 bits per heavy atom. The Bertz CT molecular complexity index is 776. The van der Waals surface area contributed by atoms with Gasteiger partial charge in [0.1, 0.15) is 11.8 Å². The number of halogens is 1. The second-order valence-corrected chi connectivity index (χ2v) is 6.52. The Labute approximate surface area is 151 Å². The molecule has 0 bridgehead atoms. The number of hydrogen-bond donors (Lipinski definition) is 4. The van der Waals surface area contributed by atoms with Crippen molar-refractivity contribution in [3.8, 4) is 5.75 Å². The Morgan fingerprint density at radius 2 is 1.54 bits per heavy atom. The van der Waals surface area contributed by atoms with Crippen molar-refractivity contribution in [2.45, 2.75) is 24.3 Å². The smallest absolute Gasteiger partial charge is 0.320 e. The summed E-state index contributed by atoms with van der Waals surface area (Å²) in [5.41, 5.74) is 7.08. The van der Waals surface area contributed by atoms with E-state index in [1.807, 2.05) is 6.92 Å². The zero-order chi connectivity index (χ0) is 20.3. The lowest BCUT2D eigenvalue weighted by molar-refractivity contribution is -0.138. The number of carboxylic acid groups (broad SMARTS) is 1. The number of hydrogen-bond acceptors (Lipinski definition) is 5. The van der Waals surface area contributed by atoms with Gasteiger partial charge in [-0.2, -0.15) is 8.42 Å². The lowest BCUT2D eigenvalue weighted by atomic mass is 10.1. The molecule has 0 aliphatic heterocycles. The number of aryl methyl sites for hydroxylation is 1. The van der Waals surface area contributed by atoms with Crippen LogP contribution in [-0.2, 0) is 21.3 Å². The first-order valence-electron chi connectivity index (χ1n) is 7.28. The first-order chi connectivity index (χ1) is 12.1. The summed E-state index contributed by atoms with van der Waals surface area (Å²) in [4.78, 5) is 10.3. The van der Waals surface area contributed by atoms with Gasteiger partial charge in [-0.3, -0.25) is 13.7 Å². The minimum absolute atomic E-state index is 0.0666. The predicted molar refractivity (Wildman–Crippen MR) is 95.4 cm³/mol. The largest absolute Gasteiger partial charge is 0.508 e. The van der Waals surface area contributed by atoms with Crippen LogP contribution < -0.4 is 5.73 Å². The molecule has 0 spiro atoms. The van der Waals surface area contributed by atoms with Crippen molar-refractivity contribution < 1.29 is 32.4 Å². The van der Waals surface area contributed by atoms with Crippen molar-refractivity contribution in [1.29, 1.82) is 0 Å². The number of rotatable bonds is 4. The monoisotopic (exact) mass is 387 g/mol. The van der Waals surface area contributed by atoms with Gasteiger partial charge in [-0.05, 0) is 43.2 Å². The molecule has 0 amide bonds. The maximum Gasteiger partial charge on any atom is 0.320 e. The van der Waals surface area contributed by atoms with Gasteiger partial charge >= 0.3 is 5.97 Å². The highest BCUT2D eigenvalue weighted by atomic mass is 32.2. The highest BCUT2D eigenvalue weighted by Crippen LogP contribution is 2.11. The number of phenols is 1. The fraction of sp³-hybridized carbons (Fsp3) is 0.235. The van der Waals surface area contributed by atoms with E-state index in [0.29, 0.717) is 7.18 Å². The molecule has 0 aromatic heterocycles. The van der Waals surface area contributed by atoms with Crippen LogP contribution in [0.3, 0.4) is 0 Å². The molecular weight excluding hydrogens is 365 g/mol. The number of nitrogens with two attached hydrogens (primary N) is 1. The van der Waals surface area contributed by atoms with Crippen LogP contribution in [0.25, 0.3) is 0 Å². The number of phenolic OH excluding ortho intramolecular Hbond substituents is 1. The third kappa shape index (κ3) is 9.11. The molecule has 0 aliphatic carbocycles. The summed E-state index contributed by atoms with van der Waals surface area (Å²) in [6, 6.07) is 11.4. The average molecular weight is 387 g/mol. The van der Waals surface area contributed by atoms with E-state index in [1.165, 1.54) is 24.3 Å². The van der Waals surface area contributed by atoms with E-state index in [-0.39, 0.29) is 17.1 Å². The van der Waals surface area contributed by atoms with Crippen molar-refractivity contribution in [2.24, 2.45) is 5.73 Å². The number of aromatic hydroxyl groups is 1. The maximum atomic E-state index is 10.5. The second kappa shape index (κ2) is 11.2. The number of carbonyl (C=O) groups is 1. The molecular formula is C17H22FNO6S. The highest BCUT2D eigenvalue weighted by Gasteiger charge is 2.11. The van der Waals surface area contributed by atoms with Crippen LogP contribution in [0, 0.1) is 6.92 Å². The van der Waals surface area contributed by atoms with E-state index in [1.54, 1.807) is 24.3 Å². The summed E-state index contributed by atoms with van der Waals surface area (Å²) < 4.78 is 39.1. The van der Waals surface area contributed by atoms with E-state index >= 15 is 0 Å². The highest BCUT2D eigenvalue weighted by molar-refractivity contribution is 7.85.